The minimum absolute atomic E-state index is 0.0442. The van der Waals surface area contributed by atoms with Gasteiger partial charge < -0.3 is 31.3 Å². The summed E-state index contributed by atoms with van der Waals surface area (Å²) in [6.45, 7) is 2.54. The van der Waals surface area contributed by atoms with Crippen LogP contribution >= 0.6 is 0 Å². The van der Waals surface area contributed by atoms with Crippen molar-refractivity contribution < 1.29 is 24.9 Å². The standard InChI is InChI=1S/C31H33N3O5/c1-20(32-18-30(38)24-10-12-29(37)27(16-24)34-19-35)13-21-5-4-6-22(14-21)15-31(39)33-17-26-25-8-3-2-7-23(25)9-11-28(26)36/h2-12,14,16,19-20,30,32,36-38H,13,15,17-18H2,1H3,(H,33,39)(H,34,35)/t20-,30-/m1/s1. The average molecular weight is 528 g/mol. The number of carbonyl (C=O) groups is 2. The summed E-state index contributed by atoms with van der Waals surface area (Å²) in [5, 5.41) is 41.2. The number of benzene rings is 4. The minimum Gasteiger partial charge on any atom is -0.508 e. The number of anilines is 1. The van der Waals surface area contributed by atoms with E-state index >= 15 is 0 Å². The molecule has 4 aromatic carbocycles. The fourth-order valence-corrected chi connectivity index (χ4v) is 4.61. The van der Waals surface area contributed by atoms with Crippen molar-refractivity contribution in [2.24, 2.45) is 0 Å². The van der Waals surface area contributed by atoms with Gasteiger partial charge >= 0.3 is 0 Å². The molecule has 4 rings (SSSR count). The first kappa shape index (κ1) is 27.6. The van der Waals surface area contributed by atoms with Gasteiger partial charge in [0.2, 0.25) is 12.3 Å². The van der Waals surface area contributed by atoms with E-state index in [-0.39, 0.29) is 48.6 Å². The van der Waals surface area contributed by atoms with Gasteiger partial charge in [-0.1, -0.05) is 60.7 Å². The number of aliphatic hydroxyl groups is 1. The van der Waals surface area contributed by atoms with Crippen LogP contribution in [0.3, 0.4) is 0 Å². The van der Waals surface area contributed by atoms with Crippen LogP contribution in [-0.4, -0.2) is 40.2 Å². The molecule has 0 saturated carbocycles. The lowest BCUT2D eigenvalue weighted by Gasteiger charge is -2.18. The van der Waals surface area contributed by atoms with E-state index in [0.717, 1.165) is 21.9 Å². The van der Waals surface area contributed by atoms with Crippen LogP contribution in [0.4, 0.5) is 5.69 Å². The molecule has 0 heterocycles. The fourth-order valence-electron chi connectivity index (χ4n) is 4.61. The van der Waals surface area contributed by atoms with Crippen LogP contribution in [-0.2, 0) is 29.0 Å². The van der Waals surface area contributed by atoms with Crippen LogP contribution in [0.1, 0.15) is 35.3 Å². The number of amides is 2. The number of phenolic OH excluding ortho intramolecular Hbond substituents is 2. The van der Waals surface area contributed by atoms with Gasteiger partial charge in [-0.15, -0.1) is 0 Å². The van der Waals surface area contributed by atoms with Crippen molar-refractivity contribution in [1.29, 1.82) is 0 Å². The number of aromatic hydroxyl groups is 2. The maximum Gasteiger partial charge on any atom is 0.224 e. The summed E-state index contributed by atoms with van der Waals surface area (Å²) in [5.74, 6) is -0.0446. The second-order valence-electron chi connectivity index (χ2n) is 9.63. The summed E-state index contributed by atoms with van der Waals surface area (Å²) in [4.78, 5) is 23.4. The number of rotatable bonds is 12. The summed E-state index contributed by atoms with van der Waals surface area (Å²) in [6.07, 6.45) is 0.563. The Morgan fingerprint density at radius 1 is 0.923 bits per heavy atom. The Labute approximate surface area is 227 Å². The molecule has 2 amide bonds. The first-order valence-corrected chi connectivity index (χ1v) is 12.8. The first-order valence-electron chi connectivity index (χ1n) is 12.8. The second kappa shape index (κ2) is 12.9. The Bertz CT molecular complexity index is 1460. The van der Waals surface area contributed by atoms with Gasteiger partial charge in [-0.3, -0.25) is 9.59 Å². The van der Waals surface area contributed by atoms with Crippen LogP contribution < -0.4 is 16.0 Å². The molecule has 2 atom stereocenters. The van der Waals surface area contributed by atoms with Crippen LogP contribution in [0.2, 0.25) is 0 Å². The number of carbonyl (C=O) groups excluding carboxylic acids is 2. The van der Waals surface area contributed by atoms with Crippen LogP contribution in [0.15, 0.2) is 78.9 Å². The molecule has 0 aromatic heterocycles. The molecule has 4 aromatic rings. The number of hydrogen-bond acceptors (Lipinski definition) is 6. The Kier molecular flexibility index (Phi) is 9.14. The fraction of sp³-hybridized carbons (Fsp3) is 0.226. The molecule has 8 nitrogen and oxygen atoms in total. The third-order valence-corrected chi connectivity index (χ3v) is 6.66. The molecule has 0 aliphatic rings. The highest BCUT2D eigenvalue weighted by Crippen LogP contribution is 2.28. The van der Waals surface area contributed by atoms with E-state index in [1.54, 1.807) is 12.1 Å². The molecular formula is C31H33N3O5. The summed E-state index contributed by atoms with van der Waals surface area (Å²) < 4.78 is 0. The van der Waals surface area contributed by atoms with Crippen molar-refractivity contribution in [3.05, 3.63) is 101 Å². The minimum atomic E-state index is -0.823. The monoisotopic (exact) mass is 527 g/mol. The molecular weight excluding hydrogens is 494 g/mol. The third-order valence-electron chi connectivity index (χ3n) is 6.66. The van der Waals surface area contributed by atoms with E-state index in [1.165, 1.54) is 12.1 Å². The molecule has 0 fully saturated rings. The molecule has 6 N–H and O–H groups in total. The van der Waals surface area contributed by atoms with Gasteiger partial charge in [0.25, 0.3) is 0 Å². The van der Waals surface area contributed by atoms with Crippen molar-refractivity contribution in [1.82, 2.24) is 10.6 Å². The van der Waals surface area contributed by atoms with Crippen molar-refractivity contribution in [3.63, 3.8) is 0 Å². The molecule has 0 bridgehead atoms. The zero-order valence-corrected chi connectivity index (χ0v) is 21.7. The highest BCUT2D eigenvalue weighted by Gasteiger charge is 2.13. The Balaban J connectivity index is 1.29. The molecule has 8 heteroatoms. The number of hydrogen-bond donors (Lipinski definition) is 6. The molecule has 39 heavy (non-hydrogen) atoms. The zero-order valence-electron chi connectivity index (χ0n) is 21.7. The van der Waals surface area contributed by atoms with E-state index in [9.17, 15) is 24.9 Å². The largest absolute Gasteiger partial charge is 0.508 e. The lowest BCUT2D eigenvalue weighted by molar-refractivity contribution is -0.120. The topological polar surface area (TPSA) is 131 Å². The quantitative estimate of drug-likeness (QED) is 0.122. The lowest BCUT2D eigenvalue weighted by atomic mass is 10.0. The molecule has 0 radical (unpaired) electrons. The molecule has 0 unspecified atom stereocenters. The zero-order chi connectivity index (χ0) is 27.8. The van der Waals surface area contributed by atoms with Gasteiger partial charge in [-0.05, 0) is 59.0 Å². The highest BCUT2D eigenvalue weighted by molar-refractivity contribution is 5.88. The van der Waals surface area contributed by atoms with Crippen molar-refractivity contribution in [2.45, 2.75) is 38.5 Å². The highest BCUT2D eigenvalue weighted by atomic mass is 16.3. The smallest absolute Gasteiger partial charge is 0.224 e. The average Bonchev–Trinajstić information content (AvgIpc) is 2.92. The lowest BCUT2D eigenvalue weighted by Crippen LogP contribution is -2.32. The Morgan fingerprint density at radius 3 is 2.51 bits per heavy atom. The number of fused-ring (bicyclic) bond motifs is 1. The molecule has 0 saturated heterocycles. The Hall–Kier alpha value is -4.40. The van der Waals surface area contributed by atoms with Crippen molar-refractivity contribution in [2.75, 3.05) is 11.9 Å². The van der Waals surface area contributed by atoms with Crippen molar-refractivity contribution in [3.8, 4) is 11.5 Å². The summed E-state index contributed by atoms with van der Waals surface area (Å²) in [5.41, 5.74) is 3.45. The first-order chi connectivity index (χ1) is 18.8. The van der Waals surface area contributed by atoms with Crippen LogP contribution in [0, 0.1) is 0 Å². The van der Waals surface area contributed by atoms with E-state index in [0.29, 0.717) is 24.0 Å². The van der Waals surface area contributed by atoms with Crippen LogP contribution in [0.25, 0.3) is 10.8 Å². The number of phenols is 2. The summed E-state index contributed by atoms with van der Waals surface area (Å²) >= 11 is 0. The molecule has 0 aliphatic heterocycles. The normalized spacial score (nSPS) is 12.6. The van der Waals surface area contributed by atoms with Gasteiger partial charge in [0, 0.05) is 24.7 Å². The van der Waals surface area contributed by atoms with Gasteiger partial charge in [0.15, 0.2) is 0 Å². The SMILES string of the molecule is C[C@H](Cc1cccc(CC(=O)NCc2c(O)ccc3ccccc23)c1)NC[C@@H](O)c1ccc(O)c(NC=O)c1. The van der Waals surface area contributed by atoms with Gasteiger partial charge in [-0.2, -0.15) is 0 Å². The molecule has 0 spiro atoms. The number of nitrogens with one attached hydrogen (secondary N) is 3. The Morgan fingerprint density at radius 2 is 1.69 bits per heavy atom. The predicted molar refractivity (Wildman–Crippen MR) is 152 cm³/mol. The number of aliphatic hydroxyl groups excluding tert-OH is 1. The molecule has 0 aliphatic carbocycles. The summed E-state index contributed by atoms with van der Waals surface area (Å²) in [7, 11) is 0. The van der Waals surface area contributed by atoms with E-state index in [1.807, 2.05) is 61.5 Å². The maximum absolute atomic E-state index is 12.7. The van der Waals surface area contributed by atoms with E-state index in [4.69, 9.17) is 0 Å². The van der Waals surface area contributed by atoms with Gasteiger partial charge in [-0.25, -0.2) is 0 Å². The van der Waals surface area contributed by atoms with E-state index in [2.05, 4.69) is 16.0 Å². The van der Waals surface area contributed by atoms with Crippen molar-refractivity contribution >= 4 is 28.8 Å². The molecule has 202 valence electrons. The van der Waals surface area contributed by atoms with Crippen LogP contribution in [0.5, 0.6) is 11.5 Å². The third kappa shape index (κ3) is 7.34. The predicted octanol–water partition coefficient (Wildman–Crippen LogP) is 3.93. The van der Waals surface area contributed by atoms with Gasteiger partial charge in [0.1, 0.15) is 11.5 Å². The van der Waals surface area contributed by atoms with E-state index < -0.39 is 6.10 Å². The van der Waals surface area contributed by atoms with Gasteiger partial charge in [0.05, 0.1) is 18.2 Å². The maximum atomic E-state index is 12.7. The summed E-state index contributed by atoms with van der Waals surface area (Å²) in [6, 6.07) is 23.7. The second-order valence-corrected chi connectivity index (χ2v) is 9.63.